The van der Waals surface area contributed by atoms with E-state index in [2.05, 4.69) is 112 Å². The number of piperazine rings is 2. The molecule has 110 heavy (non-hydrogen) atoms. The maximum absolute atomic E-state index is 13.4. The molecule has 2 saturated carbocycles. The SMILES string of the molecule is COC(=O)Cc1cc(OCCCCCN2CCN(c3ccc(C(=O)NC4C(C)(C)C(Oc5ccc(C#N)c(Cl)c5)C4(C)C)cn3)CC2)ccc1C(=O)O.COC(=O)Cc1cc(OCCCCCN2CCN(c3ccc(C(=O)NC4C(C)(C)C(Oc5ccc(C#N)c(Cl)c5)C4(C)C)cn3)CC2)ccc1C(=O)OC.O.[Li+].[OH-]. The Hall–Kier alpha value is -9.20. The van der Waals surface area contributed by atoms with Crippen molar-refractivity contribution in [3.8, 4) is 35.1 Å². The molecule has 4 heterocycles. The predicted molar refractivity (Wildman–Crippen MR) is 411 cm³/mol. The largest absolute Gasteiger partial charge is 1.00 e. The van der Waals surface area contributed by atoms with Gasteiger partial charge in [-0.15, -0.1) is 0 Å². The van der Waals surface area contributed by atoms with E-state index in [1.807, 2.05) is 24.3 Å². The van der Waals surface area contributed by atoms with Crippen LogP contribution in [-0.4, -0.2) is 196 Å². The minimum Gasteiger partial charge on any atom is -0.870 e. The zero-order valence-corrected chi connectivity index (χ0v) is 66.4. The van der Waals surface area contributed by atoms with E-state index in [0.29, 0.717) is 85.2 Å². The van der Waals surface area contributed by atoms with E-state index in [-0.39, 0.29) is 106 Å². The molecule has 29 heteroatoms. The summed E-state index contributed by atoms with van der Waals surface area (Å²) in [5, 5.41) is 34.9. The minimum absolute atomic E-state index is 0. The van der Waals surface area contributed by atoms with Crippen molar-refractivity contribution in [2.75, 3.05) is 110 Å². The van der Waals surface area contributed by atoms with E-state index >= 15 is 0 Å². The molecule has 0 spiro atoms. The number of ether oxygens (including phenoxy) is 7. The molecule has 0 radical (unpaired) electrons. The molecule has 4 aliphatic rings. The fourth-order valence-corrected chi connectivity index (χ4v) is 16.1. The number of nitrogens with one attached hydrogen (secondary N) is 2. The predicted octanol–water partition coefficient (Wildman–Crippen LogP) is 8.10. The van der Waals surface area contributed by atoms with Crippen molar-refractivity contribution in [3.05, 3.63) is 164 Å². The van der Waals surface area contributed by atoms with Crippen molar-refractivity contribution >= 4 is 70.5 Å². The number of benzene rings is 4. The zero-order valence-electron chi connectivity index (χ0n) is 64.9. The van der Waals surface area contributed by atoms with Gasteiger partial charge in [0.1, 0.15) is 59.0 Å². The molecular formula is C81H101Cl2LiN10O16. The van der Waals surface area contributed by atoms with Crippen LogP contribution in [-0.2, 0) is 36.6 Å². The van der Waals surface area contributed by atoms with Gasteiger partial charge < -0.3 is 69.7 Å². The summed E-state index contributed by atoms with van der Waals surface area (Å²) in [7, 11) is 3.88. The first-order valence-electron chi connectivity index (χ1n) is 36.2. The molecule has 2 aliphatic heterocycles. The van der Waals surface area contributed by atoms with Crippen molar-refractivity contribution in [3.63, 3.8) is 0 Å². The number of rotatable bonds is 30. The van der Waals surface area contributed by atoms with E-state index in [4.69, 9.17) is 51.6 Å². The molecule has 2 saturated heterocycles. The molecular weight excluding hydrogens is 1450 g/mol. The number of carboxylic acid groups (broad SMARTS) is 1. The van der Waals surface area contributed by atoms with Gasteiger partial charge in [0.2, 0.25) is 0 Å². The second-order valence-corrected chi connectivity index (χ2v) is 30.6. The maximum Gasteiger partial charge on any atom is 1.00 e. The molecule has 0 unspecified atom stereocenters. The van der Waals surface area contributed by atoms with E-state index in [1.54, 1.807) is 79.1 Å². The molecule has 6 aromatic rings. The Morgan fingerprint density at radius 1 is 0.509 bits per heavy atom. The summed E-state index contributed by atoms with van der Waals surface area (Å²) in [6.45, 7) is 26.7. The van der Waals surface area contributed by atoms with Gasteiger partial charge in [-0.3, -0.25) is 29.0 Å². The topological polar surface area (TPSA) is 359 Å². The standard InChI is InChI=1S/C41H50ClN5O7.C40H48ClN5O7.Li.2H2O/c1-40(2)38(41(3,4)39(40)54-31-12-10-27(25-43)33(42)24-31)45-36(49)28-11-15-34(44-26-28)47-19-17-46(18-20-47)16-8-7-9-21-53-30-13-14-32(37(50)52-6)29(22-30)23-35(48)51-5;1-39(2)37(40(3,4)38(39)53-30-11-9-26(24-42)32(41)23-30)44-35(48)27-10-14-33(43-25-27)46-18-16-45(17-19-46)15-7-6-8-20-52-29-12-13-31(36(49)50)28(21-29)22-34(47)51-5;;;/h10-15,22,24,26,38-39H,7-9,16-21,23H2,1-6H3,(H,45,49);9-14,21,23,25,37-38H,6-8,15-20,22H2,1-5H3,(H,44,48)(H,49,50);;2*1H2/q;;+1;;/p-1. The quantitative estimate of drug-likeness (QED) is 0.0166. The van der Waals surface area contributed by atoms with E-state index in [9.17, 15) is 44.4 Å². The third-order valence-corrected chi connectivity index (χ3v) is 21.6. The summed E-state index contributed by atoms with van der Waals surface area (Å²) in [4.78, 5) is 92.6. The molecule has 2 aliphatic carbocycles. The van der Waals surface area contributed by atoms with Crippen LogP contribution in [0.5, 0.6) is 23.0 Å². The molecule has 2 aromatic heterocycles. The summed E-state index contributed by atoms with van der Waals surface area (Å²) in [5.41, 5.74) is 1.61. The number of hydrogen-bond donors (Lipinski definition) is 3. The molecule has 4 fully saturated rings. The molecule has 0 atom stereocenters. The van der Waals surface area contributed by atoms with Gasteiger partial charge in [-0.1, -0.05) is 78.6 Å². The van der Waals surface area contributed by atoms with Gasteiger partial charge in [0, 0.05) is 111 Å². The van der Waals surface area contributed by atoms with Gasteiger partial charge >= 0.3 is 42.7 Å². The van der Waals surface area contributed by atoms with Crippen LogP contribution in [0.4, 0.5) is 11.6 Å². The summed E-state index contributed by atoms with van der Waals surface area (Å²) in [6.07, 6.45) is 8.56. The second-order valence-electron chi connectivity index (χ2n) is 29.8. The van der Waals surface area contributed by atoms with E-state index in [0.717, 1.165) is 116 Å². The van der Waals surface area contributed by atoms with E-state index in [1.165, 1.54) is 27.4 Å². The number of methoxy groups -OCH3 is 3. The number of halogens is 2. The van der Waals surface area contributed by atoms with Crippen molar-refractivity contribution in [1.82, 2.24) is 30.4 Å². The normalized spacial score (nSPS) is 18.4. The number of nitriles is 2. The Morgan fingerprint density at radius 2 is 0.882 bits per heavy atom. The molecule has 4 aromatic carbocycles. The number of amides is 2. The Bertz CT molecular complexity index is 4200. The van der Waals surface area contributed by atoms with Crippen LogP contribution in [0.1, 0.15) is 158 Å². The number of pyridine rings is 2. The Kier molecular flexibility index (Phi) is 32.7. The Morgan fingerprint density at radius 3 is 1.22 bits per heavy atom. The van der Waals surface area contributed by atoms with Crippen LogP contribution in [0.25, 0.3) is 0 Å². The van der Waals surface area contributed by atoms with Crippen molar-refractivity contribution in [2.24, 2.45) is 21.7 Å². The summed E-state index contributed by atoms with van der Waals surface area (Å²) in [5.74, 6) is 1.11. The fourth-order valence-electron chi connectivity index (χ4n) is 15.6. The third kappa shape index (κ3) is 22.1. The number of esters is 3. The van der Waals surface area contributed by atoms with Crippen molar-refractivity contribution in [1.29, 1.82) is 10.5 Å². The molecule has 26 nitrogen and oxygen atoms in total. The monoisotopic (exact) mass is 1550 g/mol. The van der Waals surface area contributed by atoms with Crippen LogP contribution >= 0.6 is 23.2 Å². The maximum atomic E-state index is 13.4. The molecule has 0 bridgehead atoms. The number of carbonyl (C=O) groups excluding carboxylic acids is 5. The number of hydrogen-bond acceptors (Lipinski definition) is 22. The summed E-state index contributed by atoms with van der Waals surface area (Å²) < 4.78 is 38.7. The van der Waals surface area contributed by atoms with Crippen LogP contribution in [0, 0.1) is 44.3 Å². The van der Waals surface area contributed by atoms with Gasteiger partial charge in [-0.05, 0) is 148 Å². The number of carbonyl (C=O) groups is 6. The summed E-state index contributed by atoms with van der Waals surface area (Å²) in [6, 6.07) is 31.1. The van der Waals surface area contributed by atoms with Crippen LogP contribution in [0.2, 0.25) is 10.0 Å². The third-order valence-electron chi connectivity index (χ3n) is 21.0. The van der Waals surface area contributed by atoms with Gasteiger partial charge in [0.05, 0.1) is 90.8 Å². The fraction of sp³-hybridized carbons (Fsp3) is 0.481. The molecule has 10 rings (SSSR count). The van der Waals surface area contributed by atoms with Crippen molar-refractivity contribution < 1.29 is 96.8 Å². The number of anilines is 2. The molecule has 586 valence electrons. The minimum atomic E-state index is -1.10. The number of nitrogens with zero attached hydrogens (tertiary/aromatic N) is 8. The van der Waals surface area contributed by atoms with Crippen LogP contribution < -0.4 is 58.2 Å². The second kappa shape index (κ2) is 40.1. The Labute approximate surface area is 666 Å². The first-order valence-corrected chi connectivity index (χ1v) is 37.0. The average molecular weight is 1550 g/mol. The summed E-state index contributed by atoms with van der Waals surface area (Å²) >= 11 is 12.5. The zero-order chi connectivity index (χ0) is 77.4. The first-order chi connectivity index (χ1) is 51.0. The number of aromatic nitrogens is 2. The van der Waals surface area contributed by atoms with E-state index < -0.39 is 23.9 Å². The first kappa shape index (κ1) is 89.7. The Balaban J connectivity index is 0.000000334. The van der Waals surface area contributed by atoms with Crippen LogP contribution in [0.3, 0.4) is 0 Å². The number of unbranched alkanes of at least 4 members (excludes halogenated alkanes) is 4. The van der Waals surface area contributed by atoms with Gasteiger partial charge in [-0.2, -0.15) is 10.5 Å². The van der Waals surface area contributed by atoms with Crippen LogP contribution in [0.15, 0.2) is 109 Å². The number of carboxylic acids is 1. The van der Waals surface area contributed by atoms with Crippen molar-refractivity contribution in [2.45, 2.75) is 131 Å². The van der Waals surface area contributed by atoms with Gasteiger partial charge in [-0.25, -0.2) is 19.6 Å². The molecule has 2 amide bonds. The smallest absolute Gasteiger partial charge is 0.870 e. The molecule has 6 N–H and O–H groups in total. The van der Waals surface area contributed by atoms with Gasteiger partial charge in [0.15, 0.2) is 0 Å². The average Bonchev–Trinajstić information content (AvgIpc) is 0.713. The number of aromatic carboxylic acids is 1. The van der Waals surface area contributed by atoms with Gasteiger partial charge in [0.25, 0.3) is 11.8 Å².